The molecule has 0 aliphatic heterocycles. The highest BCUT2D eigenvalue weighted by Gasteiger charge is 2.55. The Labute approximate surface area is 150 Å². The number of halogens is 3. The van der Waals surface area contributed by atoms with E-state index in [1.165, 1.54) is 12.1 Å². The molecule has 1 N–H and O–H groups in total. The van der Waals surface area contributed by atoms with Crippen molar-refractivity contribution in [2.45, 2.75) is 63.3 Å². The van der Waals surface area contributed by atoms with Crippen LogP contribution >= 0.6 is 0 Å². The predicted octanol–water partition coefficient (Wildman–Crippen LogP) is 4.36. The van der Waals surface area contributed by atoms with E-state index < -0.39 is 37.1 Å². The van der Waals surface area contributed by atoms with Gasteiger partial charge in [0.25, 0.3) is 0 Å². The van der Waals surface area contributed by atoms with Crippen molar-refractivity contribution in [1.29, 1.82) is 0 Å². The highest BCUT2D eigenvalue weighted by molar-refractivity contribution is 5.45. The van der Waals surface area contributed by atoms with E-state index in [0.717, 1.165) is 0 Å². The molecule has 1 spiro atoms. The maximum Gasteiger partial charge on any atom is 0.392 e. The molecule has 0 heterocycles. The summed E-state index contributed by atoms with van der Waals surface area (Å²) >= 11 is 0. The summed E-state index contributed by atoms with van der Waals surface area (Å²) < 4.78 is 71.8. The first-order valence-electron chi connectivity index (χ1n) is 10.00. The molecule has 2 aliphatic rings. The van der Waals surface area contributed by atoms with Crippen LogP contribution in [0.5, 0.6) is 5.75 Å². The van der Waals surface area contributed by atoms with Gasteiger partial charge in [-0.1, -0.05) is 6.07 Å². The van der Waals surface area contributed by atoms with E-state index in [4.69, 9.17) is 13.6 Å². The van der Waals surface area contributed by atoms with E-state index in [9.17, 15) is 18.3 Å². The summed E-state index contributed by atoms with van der Waals surface area (Å²) in [5.41, 5.74) is -1.97. The van der Waals surface area contributed by atoms with Crippen LogP contribution in [0.4, 0.5) is 13.2 Å². The molecule has 25 heavy (non-hydrogen) atoms. The van der Waals surface area contributed by atoms with E-state index in [2.05, 4.69) is 0 Å². The Hall–Kier alpha value is -1.27. The van der Waals surface area contributed by atoms with Crippen LogP contribution in [-0.4, -0.2) is 31.1 Å². The molecule has 0 amide bonds. The van der Waals surface area contributed by atoms with Gasteiger partial charge in [0, 0.05) is 16.6 Å². The Kier molecular flexibility index (Phi) is 3.84. The summed E-state index contributed by atoms with van der Waals surface area (Å²) in [6, 6.07) is 4.59. The van der Waals surface area contributed by atoms with Gasteiger partial charge in [0.05, 0.1) is 24.7 Å². The fourth-order valence-electron chi connectivity index (χ4n) is 4.12. The first-order valence-corrected chi connectivity index (χ1v) is 8.50. The van der Waals surface area contributed by atoms with E-state index in [0.29, 0.717) is 37.7 Å². The number of rotatable bonds is 4. The zero-order valence-electron chi connectivity index (χ0n) is 17.2. The predicted molar refractivity (Wildman–Crippen MR) is 87.6 cm³/mol. The Balaban J connectivity index is 1.91. The molecule has 1 aromatic rings. The van der Waals surface area contributed by atoms with Gasteiger partial charge in [0.15, 0.2) is 0 Å². The molecule has 0 saturated heterocycles. The highest BCUT2D eigenvalue weighted by Crippen LogP contribution is 2.58. The molecule has 6 heteroatoms. The summed E-state index contributed by atoms with van der Waals surface area (Å²) in [4.78, 5) is 0. The van der Waals surface area contributed by atoms with Crippen LogP contribution in [-0.2, 0) is 16.8 Å². The van der Waals surface area contributed by atoms with Crippen LogP contribution in [0.1, 0.15) is 54.2 Å². The molecule has 0 bridgehead atoms. The average Bonchev–Trinajstić information content (AvgIpc) is 2.84. The lowest BCUT2D eigenvalue weighted by Gasteiger charge is -2.45. The van der Waals surface area contributed by atoms with Gasteiger partial charge in [0.1, 0.15) is 5.75 Å². The monoisotopic (exact) mass is 361 g/mol. The zero-order chi connectivity index (χ0) is 20.8. The Morgan fingerprint density at radius 3 is 2.64 bits per heavy atom. The maximum absolute atomic E-state index is 12.4. The van der Waals surface area contributed by atoms with Crippen molar-refractivity contribution in [3.63, 3.8) is 0 Å². The normalized spacial score (nSPS) is 34.3. The van der Waals surface area contributed by atoms with Crippen molar-refractivity contribution >= 4 is 0 Å². The van der Waals surface area contributed by atoms with E-state index >= 15 is 0 Å². The van der Waals surface area contributed by atoms with Gasteiger partial charge in [-0.2, -0.15) is 13.2 Å². The molecule has 140 valence electrons. The van der Waals surface area contributed by atoms with E-state index in [1.54, 1.807) is 13.2 Å². The number of fused-ring (bicyclic) bond motifs is 1. The van der Waals surface area contributed by atoms with Crippen molar-refractivity contribution in [2.24, 2.45) is 5.41 Å². The third-order valence-corrected chi connectivity index (χ3v) is 5.64. The van der Waals surface area contributed by atoms with Gasteiger partial charge in [-0.3, -0.25) is 0 Å². The summed E-state index contributed by atoms with van der Waals surface area (Å²) in [6.07, 6.45) is -2.68. The molecule has 3 nitrogen and oxygen atoms in total. The van der Waals surface area contributed by atoms with Gasteiger partial charge >= 0.3 is 6.18 Å². The lowest BCUT2D eigenvalue weighted by molar-refractivity contribution is -0.139. The van der Waals surface area contributed by atoms with Gasteiger partial charge in [0.2, 0.25) is 0 Å². The molecule has 0 radical (unpaired) electrons. The van der Waals surface area contributed by atoms with Gasteiger partial charge < -0.3 is 14.6 Å². The number of alkyl halides is 3. The fraction of sp³-hybridized carbons (Fsp3) is 0.684. The zero-order valence-corrected chi connectivity index (χ0v) is 14.2. The minimum Gasteiger partial charge on any atom is -0.493 e. The molecule has 1 unspecified atom stereocenters. The number of hydrogen-bond donors (Lipinski definition) is 1. The summed E-state index contributed by atoms with van der Waals surface area (Å²) in [5, 5.41) is 11.6. The molecule has 2 aliphatic carbocycles. The first kappa shape index (κ1) is 14.9. The van der Waals surface area contributed by atoms with Crippen molar-refractivity contribution in [1.82, 2.24) is 0 Å². The molecule has 1 atom stereocenters. The molecule has 1 fully saturated rings. The SMILES string of the molecule is [2H]C([2H])([2H])C1(O)c2cc(OCCC(F)(F)F)ccc2CC12CCC(OC)CC2. The Morgan fingerprint density at radius 1 is 1.32 bits per heavy atom. The lowest BCUT2D eigenvalue weighted by atomic mass is 9.64. The molecular formula is C19H25F3O3. The van der Waals surface area contributed by atoms with E-state index in [-0.39, 0.29) is 17.4 Å². The van der Waals surface area contributed by atoms with Crippen molar-refractivity contribution in [3.05, 3.63) is 29.3 Å². The quantitative estimate of drug-likeness (QED) is 0.866. The van der Waals surface area contributed by atoms with Crippen LogP contribution in [0.2, 0.25) is 0 Å². The summed E-state index contributed by atoms with van der Waals surface area (Å²) in [7, 11) is 1.62. The van der Waals surface area contributed by atoms with Gasteiger partial charge in [-0.15, -0.1) is 0 Å². The minimum absolute atomic E-state index is 0.0384. The minimum atomic E-state index is -4.33. The highest BCUT2D eigenvalue weighted by atomic mass is 19.4. The topological polar surface area (TPSA) is 38.7 Å². The van der Waals surface area contributed by atoms with Crippen molar-refractivity contribution in [3.8, 4) is 5.75 Å². The standard InChI is InChI=1S/C19H25F3O3/c1-17(23)16-11-15(25-10-9-19(20,21)22)4-3-13(16)12-18(17)7-5-14(24-2)6-8-18/h3-4,11,14,23H,5-10,12H2,1-2H3/i1D3. The molecule has 3 rings (SSSR count). The van der Waals surface area contributed by atoms with Crippen LogP contribution < -0.4 is 4.74 Å². The Bertz CT molecular complexity index is 713. The number of hydrogen-bond acceptors (Lipinski definition) is 3. The van der Waals surface area contributed by atoms with Crippen LogP contribution in [0.25, 0.3) is 0 Å². The summed E-state index contributed by atoms with van der Waals surface area (Å²) in [6.45, 7) is -3.24. The van der Waals surface area contributed by atoms with Gasteiger partial charge in [-0.05, 0) is 62.2 Å². The van der Waals surface area contributed by atoms with Crippen molar-refractivity contribution < 1.29 is 31.9 Å². The largest absolute Gasteiger partial charge is 0.493 e. The van der Waals surface area contributed by atoms with Gasteiger partial charge in [-0.25, -0.2) is 0 Å². The second-order valence-corrected chi connectivity index (χ2v) is 7.14. The maximum atomic E-state index is 12.4. The fourth-order valence-corrected chi connectivity index (χ4v) is 4.12. The second-order valence-electron chi connectivity index (χ2n) is 7.14. The number of ether oxygens (including phenoxy) is 2. The van der Waals surface area contributed by atoms with Crippen LogP contribution in [0, 0.1) is 5.41 Å². The molecule has 1 saturated carbocycles. The third-order valence-electron chi connectivity index (χ3n) is 5.64. The van der Waals surface area contributed by atoms with E-state index in [1.807, 2.05) is 0 Å². The molecule has 0 aromatic heterocycles. The van der Waals surface area contributed by atoms with Crippen LogP contribution in [0.15, 0.2) is 18.2 Å². The van der Waals surface area contributed by atoms with Crippen LogP contribution in [0.3, 0.4) is 0 Å². The smallest absolute Gasteiger partial charge is 0.392 e. The first-order chi connectivity index (χ1) is 12.9. The molecule has 1 aromatic carbocycles. The number of aliphatic hydroxyl groups is 1. The second kappa shape index (κ2) is 6.47. The van der Waals surface area contributed by atoms with Crippen molar-refractivity contribution in [2.75, 3.05) is 13.7 Å². The Morgan fingerprint density at radius 2 is 2.04 bits per heavy atom. The average molecular weight is 361 g/mol. The molecular weight excluding hydrogens is 333 g/mol. The third kappa shape index (κ3) is 3.51. The lowest BCUT2D eigenvalue weighted by Crippen LogP contribution is -2.44. The summed E-state index contributed by atoms with van der Waals surface area (Å²) in [5.74, 6) is 0.133. The number of methoxy groups -OCH3 is 1. The number of benzene rings is 1.